The van der Waals surface area contributed by atoms with E-state index in [1.807, 2.05) is 51.3 Å². The molecule has 2 aliphatic rings. The molecule has 2 aliphatic heterocycles. The maximum atomic E-state index is 13.2. The molecule has 7 nitrogen and oxygen atoms in total. The topological polar surface area (TPSA) is 109 Å². The molecule has 0 aromatic carbocycles. The number of hydrogen-bond donors (Lipinski definition) is 2. The molecular formula is C27H39NO6S. The van der Waals surface area contributed by atoms with Crippen LogP contribution in [0.3, 0.4) is 0 Å². The van der Waals surface area contributed by atoms with Gasteiger partial charge in [-0.2, -0.15) is 0 Å². The molecule has 0 aliphatic carbocycles. The van der Waals surface area contributed by atoms with Crippen molar-refractivity contribution in [1.29, 1.82) is 0 Å². The van der Waals surface area contributed by atoms with E-state index in [0.717, 1.165) is 16.3 Å². The quantitative estimate of drug-likeness (QED) is 0.351. The number of nitrogens with zero attached hydrogens (tertiary/aromatic N) is 1. The van der Waals surface area contributed by atoms with Crippen molar-refractivity contribution in [2.24, 2.45) is 17.3 Å². The van der Waals surface area contributed by atoms with Crippen molar-refractivity contribution >= 4 is 29.2 Å². The van der Waals surface area contributed by atoms with Gasteiger partial charge in [0.2, 0.25) is 0 Å². The minimum absolute atomic E-state index is 0.0968. The van der Waals surface area contributed by atoms with Gasteiger partial charge in [0.05, 0.1) is 46.5 Å². The molecule has 3 rings (SSSR count). The summed E-state index contributed by atoms with van der Waals surface area (Å²) in [6, 6.07) is 0. The lowest BCUT2D eigenvalue weighted by molar-refractivity contribution is -0.154. The fraction of sp³-hybridized carbons (Fsp3) is 0.667. The third kappa shape index (κ3) is 6.47. The van der Waals surface area contributed by atoms with Crippen LogP contribution in [0.2, 0.25) is 0 Å². The molecule has 0 bridgehead atoms. The lowest BCUT2D eigenvalue weighted by Crippen LogP contribution is -2.45. The number of Topliss-reactive ketones (excluding diaryl/α,β-unsaturated/α-hetero) is 1. The highest BCUT2D eigenvalue weighted by Gasteiger charge is 2.52. The fourth-order valence-corrected chi connectivity index (χ4v) is 5.24. The molecule has 0 radical (unpaired) electrons. The van der Waals surface area contributed by atoms with Gasteiger partial charge in [-0.25, -0.2) is 4.98 Å². The number of carbonyl (C=O) groups is 2. The maximum absolute atomic E-state index is 13.2. The van der Waals surface area contributed by atoms with E-state index in [-0.39, 0.29) is 29.8 Å². The molecule has 4 unspecified atom stereocenters. The number of aryl methyl sites for hydroxylation is 1. The summed E-state index contributed by atoms with van der Waals surface area (Å²) in [5, 5.41) is 24.5. The number of ether oxygens (including phenoxy) is 2. The summed E-state index contributed by atoms with van der Waals surface area (Å²) in [6.07, 6.45) is 3.84. The summed E-state index contributed by atoms with van der Waals surface area (Å²) < 4.78 is 11.9. The van der Waals surface area contributed by atoms with Crippen LogP contribution in [0.4, 0.5) is 0 Å². The number of epoxide rings is 1. The highest BCUT2D eigenvalue weighted by molar-refractivity contribution is 7.09. The standard InChI is InChI=1S/C27H39NO6S/c1-15-9-8-10-27(7)22(34-27)12-20(16(2)11-19-14-35-18(4)28-19)33-23(30)13-21(29)26(5,6)25(32)17(3)24(15)31/h8-9,11,14-15,17,20-22,24,29,31H,10,12-13H2,1-7H3/b9-8+,16-11+/t15?,17-,20?,21+,22?,24+,27?/m1/s1. The van der Waals surface area contributed by atoms with Crippen LogP contribution in [-0.4, -0.2) is 57.0 Å². The number of ketones is 1. The van der Waals surface area contributed by atoms with Gasteiger partial charge in [-0.05, 0) is 38.8 Å². The third-order valence-electron chi connectivity index (χ3n) is 7.51. The van der Waals surface area contributed by atoms with Crippen molar-refractivity contribution in [1.82, 2.24) is 4.98 Å². The zero-order chi connectivity index (χ0) is 26.1. The van der Waals surface area contributed by atoms with E-state index in [4.69, 9.17) is 9.47 Å². The Bertz CT molecular complexity index is 998. The van der Waals surface area contributed by atoms with Crippen LogP contribution in [0.25, 0.3) is 6.08 Å². The van der Waals surface area contributed by atoms with Crippen LogP contribution in [-0.2, 0) is 19.1 Å². The van der Waals surface area contributed by atoms with Gasteiger partial charge in [0.1, 0.15) is 11.9 Å². The summed E-state index contributed by atoms with van der Waals surface area (Å²) >= 11 is 1.55. The van der Waals surface area contributed by atoms with Crippen molar-refractivity contribution in [2.75, 3.05) is 0 Å². The molecule has 7 atom stereocenters. The number of hydrogen-bond acceptors (Lipinski definition) is 8. The van der Waals surface area contributed by atoms with Gasteiger partial charge in [-0.3, -0.25) is 9.59 Å². The number of rotatable bonds is 2. The van der Waals surface area contributed by atoms with E-state index < -0.39 is 35.6 Å². The molecule has 1 aromatic heterocycles. The molecule has 0 saturated carbocycles. The van der Waals surface area contributed by atoms with Crippen LogP contribution in [0.5, 0.6) is 0 Å². The molecule has 194 valence electrons. The van der Waals surface area contributed by atoms with E-state index in [9.17, 15) is 19.8 Å². The highest BCUT2D eigenvalue weighted by Crippen LogP contribution is 2.44. The molecule has 1 aromatic rings. The number of aliphatic hydroxyl groups excluding tert-OH is 2. The molecule has 1 fully saturated rings. The number of aromatic nitrogens is 1. The second kappa shape index (κ2) is 10.6. The van der Waals surface area contributed by atoms with Crippen molar-refractivity contribution in [2.45, 2.75) is 97.7 Å². The molecule has 1 saturated heterocycles. The van der Waals surface area contributed by atoms with Gasteiger partial charge in [-0.1, -0.05) is 39.8 Å². The largest absolute Gasteiger partial charge is 0.458 e. The highest BCUT2D eigenvalue weighted by atomic mass is 32.1. The minimum Gasteiger partial charge on any atom is -0.458 e. The number of fused-ring (bicyclic) bond motifs is 1. The van der Waals surface area contributed by atoms with Gasteiger partial charge in [0.25, 0.3) is 0 Å². The number of carbonyl (C=O) groups excluding carboxylic acids is 2. The number of thiazole rings is 1. The maximum Gasteiger partial charge on any atom is 0.309 e. The SMILES string of the molecule is C/C(=C\c1csc(C)n1)C1CC2OC2(C)C/C=C/C(C)[C@H](O)[C@@H](C)C(=O)C(C)(C)[C@@H](O)CC(=O)O1. The average Bonchev–Trinajstić information content (AvgIpc) is 3.22. The number of aliphatic hydroxyl groups is 2. The van der Waals surface area contributed by atoms with E-state index in [1.165, 1.54) is 0 Å². The molecule has 35 heavy (non-hydrogen) atoms. The van der Waals surface area contributed by atoms with E-state index >= 15 is 0 Å². The Labute approximate surface area is 212 Å². The Hall–Kier alpha value is -1.87. The van der Waals surface area contributed by atoms with Crippen molar-refractivity contribution in [3.63, 3.8) is 0 Å². The normalized spacial score (nSPS) is 37.9. The first-order valence-corrected chi connectivity index (χ1v) is 13.2. The Balaban J connectivity index is 1.89. The van der Waals surface area contributed by atoms with E-state index in [2.05, 4.69) is 4.98 Å². The molecule has 0 spiro atoms. The van der Waals surface area contributed by atoms with Gasteiger partial charge < -0.3 is 19.7 Å². The van der Waals surface area contributed by atoms with Crippen molar-refractivity contribution in [3.8, 4) is 0 Å². The zero-order valence-electron chi connectivity index (χ0n) is 21.8. The van der Waals surface area contributed by atoms with E-state index in [1.54, 1.807) is 32.1 Å². The third-order valence-corrected chi connectivity index (χ3v) is 8.30. The van der Waals surface area contributed by atoms with Gasteiger partial charge >= 0.3 is 5.97 Å². The van der Waals surface area contributed by atoms with Crippen molar-refractivity contribution < 1.29 is 29.3 Å². The van der Waals surface area contributed by atoms with Crippen LogP contribution < -0.4 is 0 Å². The Morgan fingerprint density at radius 3 is 2.54 bits per heavy atom. The predicted molar refractivity (Wildman–Crippen MR) is 136 cm³/mol. The summed E-state index contributed by atoms with van der Waals surface area (Å²) in [4.78, 5) is 30.6. The number of esters is 1. The first-order valence-electron chi connectivity index (χ1n) is 12.3. The second-order valence-corrected chi connectivity index (χ2v) is 12.0. The van der Waals surface area contributed by atoms with Crippen LogP contribution in [0.15, 0.2) is 23.1 Å². The zero-order valence-corrected chi connectivity index (χ0v) is 22.6. The molecule has 3 heterocycles. The molecule has 8 heteroatoms. The Kier molecular flexibility index (Phi) is 8.41. The van der Waals surface area contributed by atoms with Crippen LogP contribution in [0, 0.1) is 24.2 Å². The van der Waals surface area contributed by atoms with E-state index in [0.29, 0.717) is 12.8 Å². The lowest BCUT2D eigenvalue weighted by atomic mass is 9.73. The number of cyclic esters (lactones) is 1. The van der Waals surface area contributed by atoms with Gasteiger partial charge in [-0.15, -0.1) is 11.3 Å². The van der Waals surface area contributed by atoms with Crippen LogP contribution >= 0.6 is 11.3 Å². The summed E-state index contributed by atoms with van der Waals surface area (Å²) in [5.74, 6) is -1.83. The Morgan fingerprint density at radius 2 is 1.91 bits per heavy atom. The Morgan fingerprint density at radius 1 is 1.23 bits per heavy atom. The van der Waals surface area contributed by atoms with Gasteiger partial charge in [0, 0.05) is 23.6 Å². The summed E-state index contributed by atoms with van der Waals surface area (Å²) in [6.45, 7) is 12.6. The summed E-state index contributed by atoms with van der Waals surface area (Å²) in [7, 11) is 0. The second-order valence-electron chi connectivity index (χ2n) is 10.9. The lowest BCUT2D eigenvalue weighted by Gasteiger charge is -2.34. The molecule has 0 amide bonds. The predicted octanol–water partition coefficient (Wildman–Crippen LogP) is 4.25. The first kappa shape index (κ1) is 27.7. The average molecular weight is 506 g/mol. The molecule has 2 N–H and O–H groups in total. The first-order chi connectivity index (χ1) is 16.2. The smallest absolute Gasteiger partial charge is 0.309 e. The monoisotopic (exact) mass is 505 g/mol. The molecular weight excluding hydrogens is 466 g/mol. The van der Waals surface area contributed by atoms with Crippen LogP contribution in [0.1, 0.15) is 71.5 Å². The summed E-state index contributed by atoms with van der Waals surface area (Å²) in [5.41, 5.74) is 0.0391. The van der Waals surface area contributed by atoms with Crippen molar-refractivity contribution in [3.05, 3.63) is 33.8 Å². The minimum atomic E-state index is -1.25. The fourth-order valence-electron chi connectivity index (χ4n) is 4.67. The van der Waals surface area contributed by atoms with Gasteiger partial charge in [0.15, 0.2) is 0 Å².